The molecule has 0 saturated carbocycles. The molecule has 0 bridgehead atoms. The zero-order valence-electron chi connectivity index (χ0n) is 5.80. The van der Waals surface area contributed by atoms with Crippen LogP contribution in [-0.2, 0) is 4.74 Å². The second-order valence-corrected chi connectivity index (χ2v) is 2.41. The van der Waals surface area contributed by atoms with Crippen molar-refractivity contribution in [3.63, 3.8) is 0 Å². The molecule has 0 spiro atoms. The highest BCUT2D eigenvalue weighted by Gasteiger charge is 2.24. The Morgan fingerprint density at radius 2 is 1.90 bits per heavy atom. The standard InChI is InChI=1S/C7H11NO.ClH/c1-2-7(8)3-5-9-6-4-7;/h1H,3-6,8H2;1H. The third-order valence-electron chi connectivity index (χ3n) is 1.67. The smallest absolute Gasteiger partial charge is 0.0817 e. The summed E-state index contributed by atoms with van der Waals surface area (Å²) in [5.41, 5.74) is 5.37. The van der Waals surface area contributed by atoms with Crippen LogP contribution in [0.3, 0.4) is 0 Å². The van der Waals surface area contributed by atoms with Crippen molar-refractivity contribution in [3.05, 3.63) is 0 Å². The molecule has 1 fully saturated rings. The van der Waals surface area contributed by atoms with Crippen LogP contribution in [0.5, 0.6) is 0 Å². The van der Waals surface area contributed by atoms with Gasteiger partial charge in [0.1, 0.15) is 0 Å². The third-order valence-corrected chi connectivity index (χ3v) is 1.67. The lowest BCUT2D eigenvalue weighted by Gasteiger charge is -2.27. The van der Waals surface area contributed by atoms with Crippen LogP contribution in [0.2, 0.25) is 0 Å². The SMILES string of the molecule is C#CC1(N)CCOCC1.Cl. The van der Waals surface area contributed by atoms with Crippen LogP contribution >= 0.6 is 12.4 Å². The van der Waals surface area contributed by atoms with Crippen molar-refractivity contribution < 1.29 is 4.74 Å². The van der Waals surface area contributed by atoms with E-state index >= 15 is 0 Å². The van der Waals surface area contributed by atoms with Crippen LogP contribution in [0.1, 0.15) is 12.8 Å². The molecule has 1 rings (SSSR count). The molecule has 0 aromatic rings. The van der Waals surface area contributed by atoms with E-state index in [1.807, 2.05) is 0 Å². The predicted molar refractivity (Wildman–Crippen MR) is 43.1 cm³/mol. The largest absolute Gasteiger partial charge is 0.381 e. The number of rotatable bonds is 0. The molecule has 1 saturated heterocycles. The molecule has 1 aliphatic rings. The molecule has 1 aliphatic heterocycles. The van der Waals surface area contributed by atoms with Crippen molar-refractivity contribution in [3.8, 4) is 12.3 Å². The minimum atomic E-state index is -0.377. The van der Waals surface area contributed by atoms with Crippen molar-refractivity contribution in [1.29, 1.82) is 0 Å². The fourth-order valence-corrected chi connectivity index (χ4v) is 0.880. The predicted octanol–water partition coefficient (Wildman–Crippen LogP) is 0.549. The lowest BCUT2D eigenvalue weighted by Crippen LogP contribution is -2.43. The van der Waals surface area contributed by atoms with Crippen LogP contribution in [0.15, 0.2) is 0 Å². The molecule has 0 aliphatic carbocycles. The Bertz CT molecular complexity index is 135. The van der Waals surface area contributed by atoms with Gasteiger partial charge in [0.25, 0.3) is 0 Å². The molecular weight excluding hydrogens is 150 g/mol. The molecule has 0 unspecified atom stereocenters. The molecule has 0 amide bonds. The van der Waals surface area contributed by atoms with E-state index in [9.17, 15) is 0 Å². The molecule has 2 nitrogen and oxygen atoms in total. The van der Waals surface area contributed by atoms with Gasteiger partial charge in [0.15, 0.2) is 0 Å². The molecule has 3 heteroatoms. The zero-order chi connectivity index (χ0) is 6.74. The second kappa shape index (κ2) is 3.82. The van der Waals surface area contributed by atoms with Gasteiger partial charge in [0, 0.05) is 26.1 Å². The number of hydrogen-bond donors (Lipinski definition) is 1. The number of terminal acetylenes is 1. The van der Waals surface area contributed by atoms with E-state index in [1.54, 1.807) is 0 Å². The minimum Gasteiger partial charge on any atom is -0.381 e. The quantitative estimate of drug-likeness (QED) is 0.527. The second-order valence-electron chi connectivity index (χ2n) is 2.41. The summed E-state index contributed by atoms with van der Waals surface area (Å²) in [6.07, 6.45) is 6.80. The van der Waals surface area contributed by atoms with Gasteiger partial charge in [-0.15, -0.1) is 18.8 Å². The average molecular weight is 162 g/mol. The first-order valence-electron chi connectivity index (χ1n) is 3.11. The third kappa shape index (κ3) is 2.18. The molecule has 0 aromatic heterocycles. The first-order valence-corrected chi connectivity index (χ1v) is 3.11. The highest BCUT2D eigenvalue weighted by molar-refractivity contribution is 5.85. The Hall–Kier alpha value is -0.230. The van der Waals surface area contributed by atoms with Gasteiger partial charge >= 0.3 is 0 Å². The van der Waals surface area contributed by atoms with Gasteiger partial charge in [-0.05, 0) is 0 Å². The number of halogens is 1. The van der Waals surface area contributed by atoms with Crippen LogP contribution in [0.4, 0.5) is 0 Å². The summed E-state index contributed by atoms with van der Waals surface area (Å²) < 4.78 is 5.09. The highest BCUT2D eigenvalue weighted by atomic mass is 35.5. The van der Waals surface area contributed by atoms with Gasteiger partial charge in [-0.1, -0.05) is 5.92 Å². The Kier molecular flexibility index (Phi) is 3.73. The van der Waals surface area contributed by atoms with E-state index in [1.165, 1.54) is 0 Å². The fraction of sp³-hybridized carbons (Fsp3) is 0.714. The fourth-order valence-electron chi connectivity index (χ4n) is 0.880. The van der Waals surface area contributed by atoms with Crippen molar-refractivity contribution in [1.82, 2.24) is 0 Å². The minimum absolute atomic E-state index is 0. The van der Waals surface area contributed by atoms with Gasteiger partial charge in [-0.3, -0.25) is 0 Å². The van der Waals surface area contributed by atoms with E-state index in [-0.39, 0.29) is 17.9 Å². The van der Waals surface area contributed by atoms with E-state index in [4.69, 9.17) is 16.9 Å². The van der Waals surface area contributed by atoms with Gasteiger partial charge in [-0.2, -0.15) is 0 Å². The van der Waals surface area contributed by atoms with Crippen molar-refractivity contribution in [2.75, 3.05) is 13.2 Å². The normalized spacial score (nSPS) is 22.4. The number of ether oxygens (including phenoxy) is 1. The molecule has 0 radical (unpaired) electrons. The van der Waals surface area contributed by atoms with E-state index in [0.29, 0.717) is 13.2 Å². The van der Waals surface area contributed by atoms with Crippen LogP contribution < -0.4 is 5.73 Å². The topological polar surface area (TPSA) is 35.2 Å². The zero-order valence-corrected chi connectivity index (χ0v) is 6.62. The van der Waals surface area contributed by atoms with Gasteiger partial charge in [-0.25, -0.2) is 0 Å². The summed E-state index contributed by atoms with van der Waals surface area (Å²) in [6.45, 7) is 1.42. The Balaban J connectivity index is 0.000000810. The number of nitrogens with two attached hydrogens (primary N) is 1. The maximum atomic E-state index is 5.74. The monoisotopic (exact) mass is 161 g/mol. The highest BCUT2D eigenvalue weighted by Crippen LogP contribution is 2.15. The Morgan fingerprint density at radius 3 is 2.20 bits per heavy atom. The summed E-state index contributed by atoms with van der Waals surface area (Å²) in [6, 6.07) is 0. The van der Waals surface area contributed by atoms with Crippen molar-refractivity contribution in [2.45, 2.75) is 18.4 Å². The number of hydrogen-bond acceptors (Lipinski definition) is 2. The Labute approximate surface area is 67.5 Å². The first-order chi connectivity index (χ1) is 4.27. The van der Waals surface area contributed by atoms with Gasteiger partial charge < -0.3 is 10.5 Å². The molecular formula is C7H12ClNO. The Morgan fingerprint density at radius 1 is 1.40 bits per heavy atom. The maximum absolute atomic E-state index is 5.74. The van der Waals surface area contributed by atoms with Gasteiger partial charge in [0.2, 0.25) is 0 Å². The first kappa shape index (κ1) is 9.77. The van der Waals surface area contributed by atoms with E-state index in [0.717, 1.165) is 12.8 Å². The van der Waals surface area contributed by atoms with Gasteiger partial charge in [0.05, 0.1) is 5.54 Å². The summed E-state index contributed by atoms with van der Waals surface area (Å²) in [5.74, 6) is 2.58. The maximum Gasteiger partial charge on any atom is 0.0817 e. The van der Waals surface area contributed by atoms with Crippen molar-refractivity contribution in [2.24, 2.45) is 5.73 Å². The van der Waals surface area contributed by atoms with E-state index < -0.39 is 0 Å². The molecule has 58 valence electrons. The molecule has 0 atom stereocenters. The van der Waals surface area contributed by atoms with Crippen LogP contribution in [-0.4, -0.2) is 18.8 Å². The van der Waals surface area contributed by atoms with Crippen molar-refractivity contribution >= 4 is 12.4 Å². The molecule has 0 aromatic carbocycles. The summed E-state index contributed by atoms with van der Waals surface area (Å²) >= 11 is 0. The van der Waals surface area contributed by atoms with E-state index in [2.05, 4.69) is 5.92 Å². The molecule has 10 heavy (non-hydrogen) atoms. The average Bonchev–Trinajstić information content (AvgIpc) is 1.90. The lowest BCUT2D eigenvalue weighted by molar-refractivity contribution is 0.0706. The molecule has 2 N–H and O–H groups in total. The summed E-state index contributed by atoms with van der Waals surface area (Å²) in [4.78, 5) is 0. The summed E-state index contributed by atoms with van der Waals surface area (Å²) in [5, 5.41) is 0. The lowest BCUT2D eigenvalue weighted by atomic mass is 9.93. The molecule has 1 heterocycles. The van der Waals surface area contributed by atoms with Crippen LogP contribution in [0, 0.1) is 12.3 Å². The van der Waals surface area contributed by atoms with Crippen LogP contribution in [0.25, 0.3) is 0 Å². The summed E-state index contributed by atoms with van der Waals surface area (Å²) in [7, 11) is 0.